The molecule has 4 nitrogen and oxygen atoms in total. The number of hydrogen-bond acceptors (Lipinski definition) is 4. The summed E-state index contributed by atoms with van der Waals surface area (Å²) >= 11 is 0. The number of unbranched alkanes of at least 4 members (excludes halogenated alkanes) is 4. The lowest BCUT2D eigenvalue weighted by atomic mass is 10.1. The first-order valence-electron chi connectivity index (χ1n) is 8.58. The summed E-state index contributed by atoms with van der Waals surface area (Å²) < 4.78 is 16.0. The quantitative estimate of drug-likeness (QED) is 0.419. The Labute approximate surface area is 140 Å². The van der Waals surface area contributed by atoms with Crippen LogP contribution in [0.15, 0.2) is 18.2 Å². The largest absolute Gasteiger partial charge is 0.493 e. The van der Waals surface area contributed by atoms with Gasteiger partial charge in [-0.1, -0.05) is 26.2 Å². The molecular formula is C19H30O4. The van der Waals surface area contributed by atoms with Crippen molar-refractivity contribution in [3.8, 4) is 5.75 Å². The van der Waals surface area contributed by atoms with Gasteiger partial charge >= 0.3 is 5.97 Å². The standard InChI is InChI=1S/C19H30O4/c1-4-5-6-7-13-22-18-11-10-17(15-16(18)2)19(20)23-14-9-8-12-21-3/h10-11,15H,4-9,12-14H2,1-3H3. The Morgan fingerprint density at radius 1 is 1.00 bits per heavy atom. The van der Waals surface area contributed by atoms with E-state index in [9.17, 15) is 4.79 Å². The minimum absolute atomic E-state index is 0.278. The van der Waals surface area contributed by atoms with Crippen molar-refractivity contribution in [2.24, 2.45) is 0 Å². The molecule has 0 aliphatic rings. The van der Waals surface area contributed by atoms with Gasteiger partial charge in [0.1, 0.15) is 5.75 Å². The van der Waals surface area contributed by atoms with E-state index in [2.05, 4.69) is 6.92 Å². The van der Waals surface area contributed by atoms with E-state index in [1.807, 2.05) is 19.1 Å². The summed E-state index contributed by atoms with van der Waals surface area (Å²) in [6.07, 6.45) is 6.45. The molecule has 0 heterocycles. The third-order valence-corrected chi connectivity index (χ3v) is 3.64. The molecule has 0 aliphatic carbocycles. The molecule has 0 radical (unpaired) electrons. The molecule has 1 aromatic rings. The fourth-order valence-corrected chi connectivity index (χ4v) is 2.25. The van der Waals surface area contributed by atoms with Crippen LogP contribution in [0, 0.1) is 6.92 Å². The summed E-state index contributed by atoms with van der Waals surface area (Å²) in [4.78, 5) is 12.0. The molecule has 0 amide bonds. The Hall–Kier alpha value is -1.55. The minimum Gasteiger partial charge on any atom is -0.493 e. The number of methoxy groups -OCH3 is 1. The second kappa shape index (κ2) is 11.9. The molecule has 0 unspecified atom stereocenters. The van der Waals surface area contributed by atoms with Gasteiger partial charge in [-0.15, -0.1) is 0 Å². The lowest BCUT2D eigenvalue weighted by Crippen LogP contribution is -2.08. The number of esters is 1. The van der Waals surface area contributed by atoms with E-state index in [-0.39, 0.29) is 5.97 Å². The zero-order valence-corrected chi connectivity index (χ0v) is 14.7. The topological polar surface area (TPSA) is 44.8 Å². The highest BCUT2D eigenvalue weighted by Gasteiger charge is 2.09. The Morgan fingerprint density at radius 3 is 2.43 bits per heavy atom. The van der Waals surface area contributed by atoms with Crippen molar-refractivity contribution >= 4 is 5.97 Å². The van der Waals surface area contributed by atoms with E-state index in [0.29, 0.717) is 18.8 Å². The van der Waals surface area contributed by atoms with Gasteiger partial charge in [-0.05, 0) is 49.9 Å². The minimum atomic E-state index is -0.278. The predicted octanol–water partition coefficient (Wildman–Crippen LogP) is 4.54. The number of aryl methyl sites for hydroxylation is 1. The number of ether oxygens (including phenoxy) is 3. The van der Waals surface area contributed by atoms with E-state index in [0.717, 1.165) is 37.2 Å². The third-order valence-electron chi connectivity index (χ3n) is 3.64. The van der Waals surface area contributed by atoms with Gasteiger partial charge in [0.2, 0.25) is 0 Å². The first kappa shape index (κ1) is 19.5. The highest BCUT2D eigenvalue weighted by Crippen LogP contribution is 2.20. The summed E-state index contributed by atoms with van der Waals surface area (Å²) in [7, 11) is 1.67. The van der Waals surface area contributed by atoms with Crippen molar-refractivity contribution in [1.29, 1.82) is 0 Å². The SMILES string of the molecule is CCCCCCOc1ccc(C(=O)OCCCCOC)cc1C. The molecule has 1 rings (SSSR count). The lowest BCUT2D eigenvalue weighted by Gasteiger charge is -2.11. The van der Waals surface area contributed by atoms with Crippen molar-refractivity contribution in [2.75, 3.05) is 26.9 Å². The molecular weight excluding hydrogens is 292 g/mol. The molecule has 0 spiro atoms. The molecule has 0 atom stereocenters. The molecule has 130 valence electrons. The highest BCUT2D eigenvalue weighted by molar-refractivity contribution is 5.89. The van der Waals surface area contributed by atoms with Gasteiger partial charge in [-0.25, -0.2) is 4.79 Å². The maximum atomic E-state index is 12.0. The highest BCUT2D eigenvalue weighted by atomic mass is 16.5. The third kappa shape index (κ3) is 8.03. The smallest absolute Gasteiger partial charge is 0.338 e. The molecule has 23 heavy (non-hydrogen) atoms. The number of carbonyl (C=O) groups is 1. The molecule has 1 aromatic carbocycles. The van der Waals surface area contributed by atoms with Crippen molar-refractivity contribution < 1.29 is 19.0 Å². The Balaban J connectivity index is 2.37. The van der Waals surface area contributed by atoms with Crippen LogP contribution >= 0.6 is 0 Å². The van der Waals surface area contributed by atoms with Crippen LogP contribution in [0.1, 0.15) is 61.4 Å². The second-order valence-electron chi connectivity index (χ2n) is 5.73. The van der Waals surface area contributed by atoms with Gasteiger partial charge in [-0.3, -0.25) is 0 Å². The maximum absolute atomic E-state index is 12.0. The van der Waals surface area contributed by atoms with Crippen LogP contribution in [0.3, 0.4) is 0 Å². The maximum Gasteiger partial charge on any atom is 0.338 e. The zero-order valence-electron chi connectivity index (χ0n) is 14.7. The van der Waals surface area contributed by atoms with Crippen LogP contribution in [0.4, 0.5) is 0 Å². The first-order valence-corrected chi connectivity index (χ1v) is 8.58. The lowest BCUT2D eigenvalue weighted by molar-refractivity contribution is 0.0489. The van der Waals surface area contributed by atoms with Gasteiger partial charge in [-0.2, -0.15) is 0 Å². The number of benzene rings is 1. The van der Waals surface area contributed by atoms with Crippen LogP contribution in [0.2, 0.25) is 0 Å². The molecule has 0 saturated carbocycles. The van der Waals surface area contributed by atoms with Gasteiger partial charge in [0.05, 0.1) is 18.8 Å². The van der Waals surface area contributed by atoms with E-state index >= 15 is 0 Å². The van der Waals surface area contributed by atoms with E-state index < -0.39 is 0 Å². The molecule has 4 heteroatoms. The fourth-order valence-electron chi connectivity index (χ4n) is 2.25. The van der Waals surface area contributed by atoms with Crippen molar-refractivity contribution in [3.63, 3.8) is 0 Å². The van der Waals surface area contributed by atoms with E-state index in [4.69, 9.17) is 14.2 Å². The van der Waals surface area contributed by atoms with E-state index in [1.165, 1.54) is 19.3 Å². The molecule has 0 aliphatic heterocycles. The molecule has 0 N–H and O–H groups in total. The van der Waals surface area contributed by atoms with Gasteiger partial charge < -0.3 is 14.2 Å². The predicted molar refractivity (Wildman–Crippen MR) is 92.2 cm³/mol. The van der Waals surface area contributed by atoms with Crippen LogP contribution in [0.25, 0.3) is 0 Å². The average molecular weight is 322 g/mol. The van der Waals surface area contributed by atoms with Crippen LogP contribution in [0.5, 0.6) is 5.75 Å². The number of hydrogen-bond donors (Lipinski definition) is 0. The van der Waals surface area contributed by atoms with Gasteiger partial charge in [0.25, 0.3) is 0 Å². The summed E-state index contributed by atoms with van der Waals surface area (Å²) in [6, 6.07) is 5.46. The average Bonchev–Trinajstić information content (AvgIpc) is 2.55. The Morgan fingerprint density at radius 2 is 1.74 bits per heavy atom. The summed E-state index contributed by atoms with van der Waals surface area (Å²) in [5, 5.41) is 0. The summed E-state index contributed by atoms with van der Waals surface area (Å²) in [6.45, 7) is 6.00. The fraction of sp³-hybridized carbons (Fsp3) is 0.632. The Kier molecular flexibility index (Phi) is 10.1. The van der Waals surface area contributed by atoms with Crippen LogP contribution in [-0.2, 0) is 9.47 Å². The summed E-state index contributed by atoms with van der Waals surface area (Å²) in [5.74, 6) is 0.568. The first-order chi connectivity index (χ1) is 11.2. The number of rotatable bonds is 12. The van der Waals surface area contributed by atoms with Crippen molar-refractivity contribution in [2.45, 2.75) is 52.4 Å². The van der Waals surface area contributed by atoms with Crippen molar-refractivity contribution in [3.05, 3.63) is 29.3 Å². The molecule has 0 saturated heterocycles. The number of carbonyl (C=O) groups excluding carboxylic acids is 1. The monoisotopic (exact) mass is 322 g/mol. The molecule has 0 aromatic heterocycles. The normalized spacial score (nSPS) is 10.6. The van der Waals surface area contributed by atoms with Crippen LogP contribution < -0.4 is 4.74 Å². The van der Waals surface area contributed by atoms with Gasteiger partial charge in [0.15, 0.2) is 0 Å². The summed E-state index contributed by atoms with van der Waals surface area (Å²) in [5.41, 5.74) is 1.54. The van der Waals surface area contributed by atoms with Crippen LogP contribution in [-0.4, -0.2) is 32.9 Å². The van der Waals surface area contributed by atoms with E-state index in [1.54, 1.807) is 13.2 Å². The molecule has 0 fully saturated rings. The zero-order chi connectivity index (χ0) is 16.9. The van der Waals surface area contributed by atoms with Gasteiger partial charge in [0, 0.05) is 13.7 Å². The Bertz CT molecular complexity index is 457. The van der Waals surface area contributed by atoms with Crippen molar-refractivity contribution in [1.82, 2.24) is 0 Å². The molecule has 0 bridgehead atoms. The second-order valence-corrected chi connectivity index (χ2v) is 5.73.